The molecule has 0 unspecified atom stereocenters. The molecule has 2 amide bonds. The molecule has 7 heteroatoms. The highest BCUT2D eigenvalue weighted by Crippen LogP contribution is 2.27. The molecule has 0 aliphatic carbocycles. The first-order chi connectivity index (χ1) is 12.0. The fourth-order valence-corrected chi connectivity index (χ4v) is 2.81. The fourth-order valence-electron chi connectivity index (χ4n) is 2.42. The predicted octanol–water partition coefficient (Wildman–Crippen LogP) is 4.01. The number of anilines is 1. The van der Waals surface area contributed by atoms with Crippen LogP contribution in [0.2, 0.25) is 0 Å². The smallest absolute Gasteiger partial charge is 0.287 e. The van der Waals surface area contributed by atoms with Gasteiger partial charge < -0.3 is 15.1 Å². The van der Waals surface area contributed by atoms with Gasteiger partial charge in [0.2, 0.25) is 5.91 Å². The van der Waals surface area contributed by atoms with Gasteiger partial charge in [-0.1, -0.05) is 24.3 Å². The third kappa shape index (κ3) is 3.56. The van der Waals surface area contributed by atoms with Gasteiger partial charge in [0.1, 0.15) is 0 Å². The molecule has 0 atom stereocenters. The highest BCUT2D eigenvalue weighted by molar-refractivity contribution is 9.10. The normalized spacial score (nSPS) is 10.7. The number of fused-ring (bicyclic) bond motifs is 1. The summed E-state index contributed by atoms with van der Waals surface area (Å²) in [5.41, 5.74) is 1.16. The van der Waals surface area contributed by atoms with Gasteiger partial charge in [0.15, 0.2) is 17.2 Å². The first-order valence-corrected chi connectivity index (χ1v) is 8.27. The zero-order valence-electron chi connectivity index (χ0n) is 13.2. The van der Waals surface area contributed by atoms with Crippen molar-refractivity contribution in [2.24, 2.45) is 0 Å². The van der Waals surface area contributed by atoms with E-state index in [1.165, 1.54) is 6.07 Å². The number of para-hydroxylation sites is 2. The van der Waals surface area contributed by atoms with Crippen LogP contribution in [0.1, 0.15) is 16.1 Å². The van der Waals surface area contributed by atoms with Crippen LogP contribution < -0.4 is 10.6 Å². The number of rotatable bonds is 4. The summed E-state index contributed by atoms with van der Waals surface area (Å²) in [7, 11) is 0. The summed E-state index contributed by atoms with van der Waals surface area (Å²) < 4.78 is 19.8. The summed E-state index contributed by atoms with van der Waals surface area (Å²) in [6, 6.07) is 11.6. The molecule has 1 heterocycles. The second kappa shape index (κ2) is 7.06. The van der Waals surface area contributed by atoms with E-state index < -0.39 is 11.7 Å². The summed E-state index contributed by atoms with van der Waals surface area (Å²) in [6.45, 7) is 1.43. The molecular formula is C18H14BrFN2O3. The Morgan fingerprint density at radius 3 is 2.64 bits per heavy atom. The molecule has 1 aromatic heterocycles. The second-order valence-electron chi connectivity index (χ2n) is 5.38. The molecular weight excluding hydrogens is 391 g/mol. The number of benzene rings is 2. The van der Waals surface area contributed by atoms with Crippen molar-refractivity contribution in [2.75, 3.05) is 11.9 Å². The van der Waals surface area contributed by atoms with Crippen LogP contribution in [0, 0.1) is 12.7 Å². The molecule has 0 saturated heterocycles. The van der Waals surface area contributed by atoms with Crippen molar-refractivity contribution in [3.63, 3.8) is 0 Å². The standard InChI is InChI=1S/C18H14BrFN2O3/c1-10-11-5-4-7-13(20)17(11)25-16(10)18(24)21-9-15(23)22-14-8-3-2-6-12(14)19/h2-8H,9H2,1H3,(H,21,24)(H,22,23). The molecule has 0 spiro atoms. The minimum atomic E-state index is -0.574. The Bertz CT molecular complexity index is 968. The zero-order chi connectivity index (χ0) is 18.0. The maximum atomic E-state index is 13.7. The Morgan fingerprint density at radius 1 is 1.16 bits per heavy atom. The van der Waals surface area contributed by atoms with Gasteiger partial charge in [-0.05, 0) is 41.1 Å². The minimum Gasteiger partial charge on any atom is -0.448 e. The van der Waals surface area contributed by atoms with Crippen LogP contribution in [0.25, 0.3) is 11.0 Å². The fraction of sp³-hybridized carbons (Fsp3) is 0.111. The molecule has 0 bridgehead atoms. The van der Waals surface area contributed by atoms with E-state index >= 15 is 0 Å². The van der Waals surface area contributed by atoms with E-state index in [0.717, 1.165) is 4.47 Å². The Hall–Kier alpha value is -2.67. The maximum absolute atomic E-state index is 13.7. The van der Waals surface area contributed by atoms with Crippen molar-refractivity contribution in [1.82, 2.24) is 5.32 Å². The van der Waals surface area contributed by atoms with Crippen molar-refractivity contribution in [1.29, 1.82) is 0 Å². The summed E-state index contributed by atoms with van der Waals surface area (Å²) >= 11 is 3.32. The van der Waals surface area contributed by atoms with E-state index in [9.17, 15) is 14.0 Å². The van der Waals surface area contributed by atoms with E-state index in [2.05, 4.69) is 26.6 Å². The Labute approximate surface area is 151 Å². The lowest BCUT2D eigenvalue weighted by molar-refractivity contribution is -0.115. The van der Waals surface area contributed by atoms with Crippen LogP contribution in [0.15, 0.2) is 51.4 Å². The zero-order valence-corrected chi connectivity index (χ0v) is 14.8. The van der Waals surface area contributed by atoms with Gasteiger partial charge in [-0.3, -0.25) is 9.59 Å². The third-order valence-corrected chi connectivity index (χ3v) is 4.37. The number of carbonyl (C=O) groups is 2. The topological polar surface area (TPSA) is 71.3 Å². The molecule has 0 saturated carbocycles. The lowest BCUT2D eigenvalue weighted by Gasteiger charge is -2.07. The van der Waals surface area contributed by atoms with Crippen LogP contribution in [0.3, 0.4) is 0 Å². The second-order valence-corrected chi connectivity index (χ2v) is 6.24. The average molecular weight is 405 g/mol. The summed E-state index contributed by atoms with van der Waals surface area (Å²) in [5.74, 6) is -1.50. The minimum absolute atomic E-state index is 0.00575. The maximum Gasteiger partial charge on any atom is 0.287 e. The molecule has 128 valence electrons. The van der Waals surface area contributed by atoms with Crippen LogP contribution in [-0.2, 0) is 4.79 Å². The van der Waals surface area contributed by atoms with Gasteiger partial charge >= 0.3 is 0 Å². The van der Waals surface area contributed by atoms with E-state index in [0.29, 0.717) is 16.6 Å². The van der Waals surface area contributed by atoms with Crippen LogP contribution >= 0.6 is 15.9 Å². The van der Waals surface area contributed by atoms with Crippen molar-refractivity contribution < 1.29 is 18.4 Å². The molecule has 3 rings (SSSR count). The summed E-state index contributed by atoms with van der Waals surface area (Å²) in [6.07, 6.45) is 0. The van der Waals surface area contributed by atoms with Gasteiger partial charge in [0, 0.05) is 15.4 Å². The largest absolute Gasteiger partial charge is 0.448 e. The molecule has 0 radical (unpaired) electrons. The van der Waals surface area contributed by atoms with Crippen LogP contribution in [0.4, 0.5) is 10.1 Å². The molecule has 25 heavy (non-hydrogen) atoms. The molecule has 0 fully saturated rings. The van der Waals surface area contributed by atoms with E-state index in [1.807, 2.05) is 6.07 Å². The number of halogens is 2. The summed E-state index contributed by atoms with van der Waals surface area (Å²) in [5, 5.41) is 5.68. The van der Waals surface area contributed by atoms with Gasteiger partial charge in [-0.2, -0.15) is 0 Å². The first-order valence-electron chi connectivity index (χ1n) is 7.47. The molecule has 0 aliphatic heterocycles. The van der Waals surface area contributed by atoms with E-state index in [-0.39, 0.29) is 23.8 Å². The Morgan fingerprint density at radius 2 is 1.92 bits per heavy atom. The lowest BCUT2D eigenvalue weighted by atomic mass is 10.1. The number of carbonyl (C=O) groups excluding carboxylic acids is 2. The quantitative estimate of drug-likeness (QED) is 0.689. The number of nitrogens with one attached hydrogen (secondary N) is 2. The molecule has 2 aromatic carbocycles. The highest BCUT2D eigenvalue weighted by Gasteiger charge is 2.20. The molecule has 3 aromatic rings. The summed E-state index contributed by atoms with van der Waals surface area (Å²) in [4.78, 5) is 24.2. The van der Waals surface area contributed by atoms with Gasteiger partial charge in [-0.25, -0.2) is 4.39 Å². The predicted molar refractivity (Wildman–Crippen MR) is 96.0 cm³/mol. The molecule has 0 aliphatic rings. The Kier molecular flexibility index (Phi) is 4.85. The number of hydrogen-bond acceptors (Lipinski definition) is 3. The van der Waals surface area contributed by atoms with E-state index in [1.54, 1.807) is 37.3 Å². The van der Waals surface area contributed by atoms with Crippen molar-refractivity contribution >= 4 is 44.4 Å². The Balaban J connectivity index is 1.69. The first kappa shape index (κ1) is 17.2. The third-order valence-electron chi connectivity index (χ3n) is 3.68. The van der Waals surface area contributed by atoms with Gasteiger partial charge in [0.25, 0.3) is 5.91 Å². The number of hydrogen-bond donors (Lipinski definition) is 2. The van der Waals surface area contributed by atoms with Crippen LogP contribution in [0.5, 0.6) is 0 Å². The number of aryl methyl sites for hydroxylation is 1. The highest BCUT2D eigenvalue weighted by atomic mass is 79.9. The van der Waals surface area contributed by atoms with Crippen molar-refractivity contribution in [3.8, 4) is 0 Å². The monoisotopic (exact) mass is 404 g/mol. The number of amides is 2. The number of furan rings is 1. The van der Waals surface area contributed by atoms with Crippen molar-refractivity contribution in [3.05, 3.63) is 64.1 Å². The molecule has 2 N–H and O–H groups in total. The van der Waals surface area contributed by atoms with Crippen molar-refractivity contribution in [2.45, 2.75) is 6.92 Å². The molecule has 5 nitrogen and oxygen atoms in total. The van der Waals surface area contributed by atoms with Gasteiger partial charge in [0.05, 0.1) is 12.2 Å². The lowest BCUT2D eigenvalue weighted by Crippen LogP contribution is -2.33. The van der Waals surface area contributed by atoms with Crippen LogP contribution in [-0.4, -0.2) is 18.4 Å². The SMILES string of the molecule is Cc1c(C(=O)NCC(=O)Nc2ccccc2Br)oc2c(F)cccc12. The average Bonchev–Trinajstić information content (AvgIpc) is 2.93. The van der Waals surface area contributed by atoms with E-state index in [4.69, 9.17) is 4.42 Å². The van der Waals surface area contributed by atoms with Gasteiger partial charge in [-0.15, -0.1) is 0 Å².